The lowest BCUT2D eigenvalue weighted by molar-refractivity contribution is -0.134. The Morgan fingerprint density at radius 3 is 2.58 bits per heavy atom. The number of aromatic nitrogens is 2. The molecule has 0 aliphatic carbocycles. The molecular weight excluding hydrogens is 396 g/mol. The quantitative estimate of drug-likeness (QED) is 0.539. The summed E-state index contributed by atoms with van der Waals surface area (Å²) in [6.07, 6.45) is 5.04. The molecule has 1 aromatic heterocycles. The zero-order valence-corrected chi connectivity index (χ0v) is 18.6. The van der Waals surface area contributed by atoms with Gasteiger partial charge in [-0.2, -0.15) is 5.10 Å². The van der Waals surface area contributed by atoms with Crippen molar-refractivity contribution in [3.63, 3.8) is 0 Å². The molecule has 1 atom stereocenters. The van der Waals surface area contributed by atoms with Crippen molar-refractivity contribution >= 4 is 28.4 Å². The molecule has 1 N–H and O–H groups in total. The molecular formula is C23H32N4O4. The van der Waals surface area contributed by atoms with Crippen molar-refractivity contribution in [1.29, 1.82) is 0 Å². The van der Waals surface area contributed by atoms with Crippen molar-refractivity contribution < 1.29 is 19.1 Å². The molecule has 4 rings (SSSR count). The lowest BCUT2D eigenvalue weighted by Gasteiger charge is -2.34. The number of nitrogens with zero attached hydrogens (tertiary/aromatic N) is 3. The van der Waals surface area contributed by atoms with Gasteiger partial charge in [0, 0.05) is 46.2 Å². The summed E-state index contributed by atoms with van der Waals surface area (Å²) in [6.45, 7) is 1.99. The standard InChI is InChI=1S/C23H32N4O4/c1-26-22-16(21(25-26)17-8-9-19(28)24-23(17)29)5-4-6-18(22)27-13-11-15(12-14-27)7-10-20(30-2)31-3/h4-6,15,17,20H,7-14H2,1-3H3,(H,24,28,29). The second-order valence-corrected chi connectivity index (χ2v) is 8.59. The summed E-state index contributed by atoms with van der Waals surface area (Å²) < 4.78 is 12.5. The smallest absolute Gasteiger partial charge is 0.235 e. The Balaban J connectivity index is 1.50. The van der Waals surface area contributed by atoms with E-state index in [2.05, 4.69) is 16.3 Å². The van der Waals surface area contributed by atoms with Gasteiger partial charge in [-0.1, -0.05) is 12.1 Å². The highest BCUT2D eigenvalue weighted by atomic mass is 16.7. The van der Waals surface area contributed by atoms with Crippen molar-refractivity contribution in [2.45, 2.75) is 50.7 Å². The average molecular weight is 429 g/mol. The third-order valence-electron chi connectivity index (χ3n) is 6.73. The normalized spacial score (nSPS) is 20.6. The summed E-state index contributed by atoms with van der Waals surface area (Å²) in [4.78, 5) is 26.4. The van der Waals surface area contributed by atoms with Gasteiger partial charge in [0.1, 0.15) is 0 Å². The number of anilines is 1. The molecule has 1 aromatic carbocycles. The monoisotopic (exact) mass is 428 g/mol. The number of ether oxygens (including phenoxy) is 2. The second-order valence-electron chi connectivity index (χ2n) is 8.59. The van der Waals surface area contributed by atoms with Crippen LogP contribution in [-0.4, -0.2) is 55.2 Å². The Labute approximate surface area is 182 Å². The third-order valence-corrected chi connectivity index (χ3v) is 6.73. The average Bonchev–Trinajstić information content (AvgIpc) is 3.11. The van der Waals surface area contributed by atoms with Crippen molar-refractivity contribution in [3.05, 3.63) is 23.9 Å². The van der Waals surface area contributed by atoms with Crippen LogP contribution in [0.3, 0.4) is 0 Å². The van der Waals surface area contributed by atoms with Crippen molar-refractivity contribution in [3.8, 4) is 0 Å². The fraction of sp³-hybridized carbons (Fsp3) is 0.609. The Hall–Kier alpha value is -2.45. The molecule has 2 aromatic rings. The number of carbonyl (C=O) groups excluding carboxylic acids is 2. The first-order valence-electron chi connectivity index (χ1n) is 11.1. The summed E-state index contributed by atoms with van der Waals surface area (Å²) in [5.41, 5.74) is 2.99. The molecule has 168 valence electrons. The largest absolute Gasteiger partial charge is 0.370 e. The minimum atomic E-state index is -0.378. The van der Waals surface area contributed by atoms with Crippen LogP contribution in [0, 0.1) is 5.92 Å². The number of methoxy groups -OCH3 is 2. The van der Waals surface area contributed by atoms with E-state index < -0.39 is 0 Å². The first-order chi connectivity index (χ1) is 15.0. The van der Waals surface area contributed by atoms with E-state index in [9.17, 15) is 9.59 Å². The fourth-order valence-electron chi connectivity index (χ4n) is 4.98. The fourth-order valence-corrected chi connectivity index (χ4v) is 4.98. The highest BCUT2D eigenvalue weighted by Crippen LogP contribution is 2.36. The van der Waals surface area contributed by atoms with Crippen molar-refractivity contribution in [2.75, 3.05) is 32.2 Å². The summed E-state index contributed by atoms with van der Waals surface area (Å²) in [5.74, 6) is -0.147. The summed E-state index contributed by atoms with van der Waals surface area (Å²) in [6, 6.07) is 6.22. The molecule has 8 nitrogen and oxygen atoms in total. The first kappa shape index (κ1) is 21.8. The van der Waals surface area contributed by atoms with Gasteiger partial charge in [-0.15, -0.1) is 0 Å². The summed E-state index contributed by atoms with van der Waals surface area (Å²) in [7, 11) is 5.31. The first-order valence-corrected chi connectivity index (χ1v) is 11.1. The lowest BCUT2D eigenvalue weighted by Crippen LogP contribution is -2.39. The number of aryl methyl sites for hydroxylation is 1. The van der Waals surface area contributed by atoms with Crippen LogP contribution in [0.15, 0.2) is 18.2 Å². The van der Waals surface area contributed by atoms with Gasteiger partial charge < -0.3 is 14.4 Å². The maximum absolute atomic E-state index is 12.4. The van der Waals surface area contributed by atoms with Gasteiger partial charge in [0.05, 0.1) is 22.8 Å². The highest BCUT2D eigenvalue weighted by molar-refractivity contribution is 6.03. The van der Waals surface area contributed by atoms with Crippen LogP contribution in [0.25, 0.3) is 10.9 Å². The van der Waals surface area contributed by atoms with Crippen LogP contribution >= 0.6 is 0 Å². The van der Waals surface area contributed by atoms with Crippen molar-refractivity contribution in [1.82, 2.24) is 15.1 Å². The minimum absolute atomic E-state index is 0.119. The number of piperidine rings is 2. The van der Waals surface area contributed by atoms with E-state index in [4.69, 9.17) is 14.6 Å². The second kappa shape index (κ2) is 9.36. The van der Waals surface area contributed by atoms with Crippen molar-refractivity contribution in [2.24, 2.45) is 13.0 Å². The molecule has 0 bridgehead atoms. The van der Waals surface area contributed by atoms with Crippen LogP contribution in [0.2, 0.25) is 0 Å². The molecule has 2 amide bonds. The van der Waals surface area contributed by atoms with Gasteiger partial charge in [-0.05, 0) is 44.1 Å². The Morgan fingerprint density at radius 1 is 1.16 bits per heavy atom. The predicted octanol–water partition coefficient (Wildman–Crippen LogP) is 2.71. The third kappa shape index (κ3) is 4.45. The van der Waals surface area contributed by atoms with Crippen LogP contribution in [0.5, 0.6) is 0 Å². The van der Waals surface area contributed by atoms with E-state index in [1.165, 1.54) is 0 Å². The number of carbonyl (C=O) groups is 2. The summed E-state index contributed by atoms with van der Waals surface area (Å²) >= 11 is 0. The minimum Gasteiger partial charge on any atom is -0.370 e. The molecule has 0 radical (unpaired) electrons. The molecule has 1 unspecified atom stereocenters. The molecule has 8 heteroatoms. The van der Waals surface area contributed by atoms with Gasteiger partial charge in [-0.25, -0.2) is 0 Å². The topological polar surface area (TPSA) is 85.7 Å². The van der Waals surface area contributed by atoms with E-state index in [-0.39, 0.29) is 24.0 Å². The summed E-state index contributed by atoms with van der Waals surface area (Å²) in [5, 5.41) is 8.17. The van der Waals surface area contributed by atoms with E-state index in [0.29, 0.717) is 18.8 Å². The molecule has 31 heavy (non-hydrogen) atoms. The van der Waals surface area contributed by atoms with E-state index in [1.807, 2.05) is 23.9 Å². The maximum atomic E-state index is 12.4. The Morgan fingerprint density at radius 2 is 1.90 bits per heavy atom. The maximum Gasteiger partial charge on any atom is 0.235 e. The number of nitrogens with one attached hydrogen (secondary N) is 1. The van der Waals surface area contributed by atoms with E-state index in [1.54, 1.807) is 14.2 Å². The number of hydrogen-bond donors (Lipinski definition) is 1. The molecule has 2 aliphatic heterocycles. The Kier molecular flexibility index (Phi) is 6.57. The van der Waals surface area contributed by atoms with Gasteiger partial charge in [0.2, 0.25) is 11.8 Å². The van der Waals surface area contributed by atoms with Crippen LogP contribution in [0.1, 0.15) is 50.1 Å². The number of para-hydroxylation sites is 1. The van der Waals surface area contributed by atoms with Crippen LogP contribution in [-0.2, 0) is 26.1 Å². The molecule has 2 saturated heterocycles. The van der Waals surface area contributed by atoms with Gasteiger partial charge in [0.25, 0.3) is 0 Å². The molecule has 0 saturated carbocycles. The number of fused-ring (bicyclic) bond motifs is 1. The molecule has 2 aliphatic rings. The zero-order valence-electron chi connectivity index (χ0n) is 18.6. The lowest BCUT2D eigenvalue weighted by atomic mass is 9.91. The van der Waals surface area contributed by atoms with E-state index in [0.717, 1.165) is 61.1 Å². The molecule has 0 spiro atoms. The zero-order chi connectivity index (χ0) is 22.0. The predicted molar refractivity (Wildman–Crippen MR) is 118 cm³/mol. The number of benzene rings is 1. The number of rotatable bonds is 7. The number of hydrogen-bond acceptors (Lipinski definition) is 6. The Bertz CT molecular complexity index is 944. The van der Waals surface area contributed by atoms with Crippen LogP contribution < -0.4 is 10.2 Å². The number of imide groups is 1. The number of amides is 2. The highest BCUT2D eigenvalue weighted by Gasteiger charge is 2.32. The van der Waals surface area contributed by atoms with Gasteiger partial charge in [0.15, 0.2) is 6.29 Å². The van der Waals surface area contributed by atoms with Crippen LogP contribution in [0.4, 0.5) is 5.69 Å². The molecule has 2 fully saturated rings. The SMILES string of the molecule is COC(CCC1CCN(c2cccc3c(C4CCC(=O)NC4=O)nn(C)c23)CC1)OC. The van der Waals surface area contributed by atoms with Gasteiger partial charge in [-0.3, -0.25) is 19.6 Å². The van der Waals surface area contributed by atoms with Gasteiger partial charge >= 0.3 is 0 Å². The van der Waals surface area contributed by atoms with E-state index >= 15 is 0 Å². The molecule has 3 heterocycles.